The van der Waals surface area contributed by atoms with Crippen molar-refractivity contribution in [2.24, 2.45) is 0 Å². The molecule has 0 radical (unpaired) electrons. The van der Waals surface area contributed by atoms with Crippen molar-refractivity contribution in [2.45, 2.75) is 98.3 Å². The van der Waals surface area contributed by atoms with E-state index in [4.69, 9.17) is 4.74 Å². The van der Waals surface area contributed by atoms with Gasteiger partial charge in [0.25, 0.3) is 0 Å². The summed E-state index contributed by atoms with van der Waals surface area (Å²) in [7, 11) is 0. The molecule has 0 aromatic carbocycles. The van der Waals surface area contributed by atoms with Gasteiger partial charge in [-0.3, -0.25) is 0 Å². The molecule has 0 aliphatic heterocycles. The van der Waals surface area contributed by atoms with Crippen LogP contribution in [-0.4, -0.2) is 12.6 Å². The highest BCUT2D eigenvalue weighted by Gasteiger charge is 2.16. The van der Waals surface area contributed by atoms with Crippen molar-refractivity contribution in [3.05, 3.63) is 11.1 Å². The molecule has 0 bridgehead atoms. The van der Waals surface area contributed by atoms with Crippen LogP contribution < -0.4 is 6.15 Å². The standard InChI is InChI=1S/C19H36O2.H3N/c1-5-9-13-17(14-10-6-2)18(15-11-7-3)19(20)21-16-12-8-4;/h5-16H2,1-4H3;1H3. The lowest BCUT2D eigenvalue weighted by atomic mass is 9.94. The number of unbranched alkanes of at least 4 members (excludes halogenated alkanes) is 4. The van der Waals surface area contributed by atoms with Crippen LogP contribution in [0.5, 0.6) is 0 Å². The monoisotopic (exact) mass is 313 g/mol. The summed E-state index contributed by atoms with van der Waals surface area (Å²) >= 11 is 0. The molecule has 132 valence electrons. The Balaban J connectivity index is 0. The maximum absolute atomic E-state index is 12.4. The van der Waals surface area contributed by atoms with Crippen LogP contribution in [0.2, 0.25) is 0 Å². The first-order valence-electron chi connectivity index (χ1n) is 9.09. The van der Waals surface area contributed by atoms with Gasteiger partial charge in [-0.25, -0.2) is 4.79 Å². The Hall–Kier alpha value is -0.830. The van der Waals surface area contributed by atoms with Gasteiger partial charge in [-0.05, 0) is 44.9 Å². The molecule has 0 heterocycles. The predicted molar refractivity (Wildman–Crippen MR) is 96.5 cm³/mol. The first-order chi connectivity index (χ1) is 10.2. The van der Waals surface area contributed by atoms with Gasteiger partial charge in [0.15, 0.2) is 0 Å². The van der Waals surface area contributed by atoms with Crippen molar-refractivity contribution in [3.63, 3.8) is 0 Å². The van der Waals surface area contributed by atoms with Crippen LogP contribution >= 0.6 is 0 Å². The summed E-state index contributed by atoms with van der Waals surface area (Å²) in [4.78, 5) is 12.4. The van der Waals surface area contributed by atoms with Gasteiger partial charge in [0.2, 0.25) is 0 Å². The highest BCUT2D eigenvalue weighted by molar-refractivity contribution is 5.89. The molecule has 0 aromatic rings. The molecule has 0 fully saturated rings. The summed E-state index contributed by atoms with van der Waals surface area (Å²) < 4.78 is 5.49. The van der Waals surface area contributed by atoms with E-state index in [0.29, 0.717) is 6.61 Å². The summed E-state index contributed by atoms with van der Waals surface area (Å²) in [5, 5.41) is 0. The quantitative estimate of drug-likeness (QED) is 0.244. The first-order valence-corrected chi connectivity index (χ1v) is 9.09. The smallest absolute Gasteiger partial charge is 0.333 e. The molecule has 0 saturated carbocycles. The Kier molecular flexibility index (Phi) is 17.6. The molecule has 0 saturated heterocycles. The highest BCUT2D eigenvalue weighted by atomic mass is 16.5. The molecule has 0 aliphatic rings. The van der Waals surface area contributed by atoms with E-state index in [1.165, 1.54) is 31.3 Å². The number of ether oxygens (including phenoxy) is 1. The SMILES string of the molecule is CCCCOC(=O)C(CCCC)=C(CCCC)CCCC.N. The Bertz CT molecular complexity index is 288. The van der Waals surface area contributed by atoms with Crippen molar-refractivity contribution in [1.29, 1.82) is 0 Å². The van der Waals surface area contributed by atoms with E-state index in [0.717, 1.165) is 50.5 Å². The maximum Gasteiger partial charge on any atom is 0.333 e. The molecule has 3 N–H and O–H groups in total. The van der Waals surface area contributed by atoms with Crippen LogP contribution in [0.3, 0.4) is 0 Å². The minimum absolute atomic E-state index is 0. The third-order valence-electron chi connectivity index (χ3n) is 3.85. The average molecular weight is 314 g/mol. The molecule has 0 unspecified atom stereocenters. The summed E-state index contributed by atoms with van der Waals surface area (Å²) in [6.45, 7) is 9.29. The second-order valence-corrected chi connectivity index (χ2v) is 5.88. The highest BCUT2D eigenvalue weighted by Crippen LogP contribution is 2.24. The lowest BCUT2D eigenvalue weighted by Gasteiger charge is -2.15. The fraction of sp³-hybridized carbons (Fsp3) is 0.842. The number of allylic oxidation sites excluding steroid dienone is 1. The van der Waals surface area contributed by atoms with E-state index in [1.807, 2.05) is 0 Å². The zero-order valence-electron chi connectivity index (χ0n) is 15.5. The van der Waals surface area contributed by atoms with Gasteiger partial charge in [0.1, 0.15) is 0 Å². The summed E-state index contributed by atoms with van der Waals surface area (Å²) in [6, 6.07) is 0. The third kappa shape index (κ3) is 10.8. The lowest BCUT2D eigenvalue weighted by molar-refractivity contribution is -0.139. The zero-order chi connectivity index (χ0) is 15.9. The topological polar surface area (TPSA) is 61.3 Å². The zero-order valence-corrected chi connectivity index (χ0v) is 15.5. The number of carbonyl (C=O) groups excluding carboxylic acids is 1. The van der Waals surface area contributed by atoms with E-state index < -0.39 is 0 Å². The van der Waals surface area contributed by atoms with Gasteiger partial charge < -0.3 is 10.9 Å². The van der Waals surface area contributed by atoms with Crippen LogP contribution in [0.4, 0.5) is 0 Å². The normalized spacial score (nSPS) is 10.0. The van der Waals surface area contributed by atoms with E-state index >= 15 is 0 Å². The van der Waals surface area contributed by atoms with Gasteiger partial charge >= 0.3 is 5.97 Å². The molecule has 0 spiro atoms. The fourth-order valence-electron chi connectivity index (χ4n) is 2.38. The molecular weight excluding hydrogens is 274 g/mol. The molecule has 0 amide bonds. The Labute approximate surface area is 138 Å². The average Bonchev–Trinajstić information content (AvgIpc) is 2.49. The number of hydrogen-bond donors (Lipinski definition) is 1. The number of esters is 1. The molecule has 3 nitrogen and oxygen atoms in total. The second-order valence-electron chi connectivity index (χ2n) is 5.88. The molecule has 0 aliphatic carbocycles. The first kappa shape index (κ1) is 23.4. The third-order valence-corrected chi connectivity index (χ3v) is 3.85. The Morgan fingerprint density at radius 1 is 0.727 bits per heavy atom. The van der Waals surface area contributed by atoms with Crippen molar-refractivity contribution in [3.8, 4) is 0 Å². The van der Waals surface area contributed by atoms with Crippen molar-refractivity contribution >= 4 is 5.97 Å². The van der Waals surface area contributed by atoms with Crippen molar-refractivity contribution in [1.82, 2.24) is 6.15 Å². The van der Waals surface area contributed by atoms with Crippen LogP contribution in [0.25, 0.3) is 0 Å². The van der Waals surface area contributed by atoms with E-state index in [2.05, 4.69) is 27.7 Å². The van der Waals surface area contributed by atoms with Gasteiger partial charge in [0, 0.05) is 5.57 Å². The van der Waals surface area contributed by atoms with Gasteiger partial charge in [-0.1, -0.05) is 59.0 Å². The van der Waals surface area contributed by atoms with E-state index in [-0.39, 0.29) is 12.1 Å². The van der Waals surface area contributed by atoms with Gasteiger partial charge in [-0.2, -0.15) is 0 Å². The largest absolute Gasteiger partial charge is 0.462 e. The minimum Gasteiger partial charge on any atom is -0.462 e. The van der Waals surface area contributed by atoms with Crippen LogP contribution in [0.1, 0.15) is 98.3 Å². The van der Waals surface area contributed by atoms with Gasteiger partial charge in [-0.15, -0.1) is 0 Å². The fourth-order valence-corrected chi connectivity index (χ4v) is 2.38. The minimum atomic E-state index is -0.0425. The molecular formula is C19H39NO2. The molecule has 0 rings (SSSR count). The summed E-state index contributed by atoms with van der Waals surface area (Å²) in [6.07, 6.45) is 12.0. The maximum atomic E-state index is 12.4. The van der Waals surface area contributed by atoms with Crippen molar-refractivity contribution < 1.29 is 9.53 Å². The van der Waals surface area contributed by atoms with E-state index in [1.54, 1.807) is 0 Å². The van der Waals surface area contributed by atoms with Gasteiger partial charge in [0.05, 0.1) is 6.61 Å². The molecule has 22 heavy (non-hydrogen) atoms. The summed E-state index contributed by atoms with van der Waals surface area (Å²) in [5.74, 6) is -0.0425. The predicted octanol–water partition coefficient (Wildman–Crippen LogP) is 6.36. The van der Waals surface area contributed by atoms with Crippen LogP contribution in [0.15, 0.2) is 11.1 Å². The number of hydrogen-bond acceptors (Lipinski definition) is 3. The van der Waals surface area contributed by atoms with Crippen LogP contribution in [0, 0.1) is 0 Å². The Morgan fingerprint density at radius 3 is 1.64 bits per heavy atom. The second kappa shape index (κ2) is 16.5. The summed E-state index contributed by atoms with van der Waals surface area (Å²) in [5.41, 5.74) is 2.36. The number of carbonyl (C=O) groups is 1. The van der Waals surface area contributed by atoms with E-state index in [9.17, 15) is 4.79 Å². The van der Waals surface area contributed by atoms with Crippen LogP contribution in [-0.2, 0) is 9.53 Å². The van der Waals surface area contributed by atoms with Crippen molar-refractivity contribution in [2.75, 3.05) is 6.61 Å². The lowest BCUT2D eigenvalue weighted by Crippen LogP contribution is -2.12. The molecule has 3 heteroatoms. The Morgan fingerprint density at radius 2 is 1.18 bits per heavy atom. The molecule has 0 atom stereocenters. The number of rotatable bonds is 13. The molecule has 0 aromatic heterocycles.